The zero-order valence-corrected chi connectivity index (χ0v) is 14.1. The smallest absolute Gasteiger partial charge is 0.152 e. The number of nitrogens with zero attached hydrogens (tertiary/aromatic N) is 3. The van der Waals surface area contributed by atoms with Crippen molar-refractivity contribution < 1.29 is 4.74 Å². The summed E-state index contributed by atoms with van der Waals surface area (Å²) in [4.78, 5) is 4.08. The molecular weight excluding hydrogens is 368 g/mol. The minimum absolute atomic E-state index is 0.440. The van der Waals surface area contributed by atoms with E-state index in [4.69, 9.17) is 10.5 Å². The van der Waals surface area contributed by atoms with Gasteiger partial charge in [0.15, 0.2) is 5.82 Å². The number of fused-ring (bicyclic) bond motifs is 1. The highest BCUT2D eigenvalue weighted by Crippen LogP contribution is 2.33. The van der Waals surface area contributed by atoms with Gasteiger partial charge in [0.2, 0.25) is 0 Å². The van der Waals surface area contributed by atoms with Crippen molar-refractivity contribution in [2.75, 3.05) is 5.73 Å². The standard InChI is InChI=1S/C18H13BrN4O/c19-16-10-15(17-18(20)21-11-22-23(16)17)12-6-8-14(9-7-12)24-13-4-2-1-3-5-13/h1-11H,(H2,20,21,22). The summed E-state index contributed by atoms with van der Waals surface area (Å²) in [5, 5.41) is 4.22. The molecule has 118 valence electrons. The molecule has 0 radical (unpaired) electrons. The highest BCUT2D eigenvalue weighted by Gasteiger charge is 2.13. The number of anilines is 1. The quantitative estimate of drug-likeness (QED) is 0.566. The van der Waals surface area contributed by atoms with Crippen LogP contribution in [0, 0.1) is 0 Å². The second-order valence-electron chi connectivity index (χ2n) is 5.23. The summed E-state index contributed by atoms with van der Waals surface area (Å²) in [7, 11) is 0. The molecule has 0 aliphatic rings. The molecule has 0 saturated carbocycles. The topological polar surface area (TPSA) is 65.4 Å². The van der Waals surface area contributed by atoms with Crippen molar-refractivity contribution in [3.63, 3.8) is 0 Å². The summed E-state index contributed by atoms with van der Waals surface area (Å²) in [5.41, 5.74) is 8.78. The molecule has 4 rings (SSSR count). The summed E-state index contributed by atoms with van der Waals surface area (Å²) >= 11 is 3.50. The van der Waals surface area contributed by atoms with Gasteiger partial charge in [0.25, 0.3) is 0 Å². The molecule has 0 aliphatic heterocycles. The molecular formula is C18H13BrN4O. The van der Waals surface area contributed by atoms with E-state index in [1.54, 1.807) is 4.52 Å². The number of aromatic nitrogens is 3. The molecule has 2 aromatic heterocycles. The molecule has 6 heteroatoms. The van der Waals surface area contributed by atoms with Crippen molar-refractivity contribution in [3.05, 3.63) is 71.6 Å². The minimum Gasteiger partial charge on any atom is -0.457 e. The Morgan fingerprint density at radius 1 is 0.958 bits per heavy atom. The van der Waals surface area contributed by atoms with Gasteiger partial charge < -0.3 is 10.5 Å². The van der Waals surface area contributed by atoms with Gasteiger partial charge in [-0.1, -0.05) is 30.3 Å². The van der Waals surface area contributed by atoms with Gasteiger partial charge in [0.05, 0.1) is 0 Å². The molecule has 0 spiro atoms. The largest absolute Gasteiger partial charge is 0.457 e. The molecule has 0 fully saturated rings. The lowest BCUT2D eigenvalue weighted by molar-refractivity contribution is 0.483. The van der Waals surface area contributed by atoms with Crippen LogP contribution in [0.3, 0.4) is 0 Å². The van der Waals surface area contributed by atoms with E-state index < -0.39 is 0 Å². The Bertz CT molecular complexity index is 997. The van der Waals surface area contributed by atoms with Crippen LogP contribution in [-0.4, -0.2) is 14.6 Å². The Balaban J connectivity index is 1.71. The van der Waals surface area contributed by atoms with Crippen LogP contribution >= 0.6 is 15.9 Å². The molecule has 0 amide bonds. The monoisotopic (exact) mass is 380 g/mol. The lowest BCUT2D eigenvalue weighted by Crippen LogP contribution is -1.99. The Kier molecular flexibility index (Phi) is 3.66. The van der Waals surface area contributed by atoms with E-state index >= 15 is 0 Å². The van der Waals surface area contributed by atoms with Gasteiger partial charge in [-0.25, -0.2) is 9.50 Å². The summed E-state index contributed by atoms with van der Waals surface area (Å²) in [6.45, 7) is 0. The third-order valence-electron chi connectivity index (χ3n) is 3.68. The number of ether oxygens (including phenoxy) is 1. The van der Waals surface area contributed by atoms with Gasteiger partial charge in [-0.2, -0.15) is 5.10 Å². The van der Waals surface area contributed by atoms with E-state index in [1.165, 1.54) is 6.33 Å². The fourth-order valence-electron chi connectivity index (χ4n) is 2.58. The van der Waals surface area contributed by atoms with Crippen molar-refractivity contribution in [2.24, 2.45) is 0 Å². The van der Waals surface area contributed by atoms with E-state index in [1.807, 2.05) is 60.7 Å². The van der Waals surface area contributed by atoms with Crippen molar-refractivity contribution in [2.45, 2.75) is 0 Å². The molecule has 2 heterocycles. The van der Waals surface area contributed by atoms with Gasteiger partial charge in [-0.3, -0.25) is 0 Å². The molecule has 4 aromatic rings. The summed E-state index contributed by atoms with van der Waals surface area (Å²) in [6, 6.07) is 19.5. The van der Waals surface area contributed by atoms with Crippen LogP contribution in [0.25, 0.3) is 16.6 Å². The van der Waals surface area contributed by atoms with E-state index in [9.17, 15) is 0 Å². The molecule has 5 nitrogen and oxygen atoms in total. The van der Waals surface area contributed by atoms with E-state index in [0.29, 0.717) is 5.82 Å². The first-order valence-electron chi connectivity index (χ1n) is 7.33. The fraction of sp³-hybridized carbons (Fsp3) is 0. The Labute approximate surface area is 146 Å². The van der Waals surface area contributed by atoms with Crippen LogP contribution in [0.5, 0.6) is 11.5 Å². The van der Waals surface area contributed by atoms with Gasteiger partial charge in [0, 0.05) is 5.56 Å². The zero-order chi connectivity index (χ0) is 16.5. The highest BCUT2D eigenvalue weighted by atomic mass is 79.9. The first-order valence-corrected chi connectivity index (χ1v) is 8.13. The number of nitrogen functional groups attached to an aromatic ring is 1. The molecule has 0 bridgehead atoms. The van der Waals surface area contributed by atoms with Crippen molar-refractivity contribution >= 4 is 27.3 Å². The van der Waals surface area contributed by atoms with Crippen LogP contribution in [0.4, 0.5) is 5.82 Å². The molecule has 2 N–H and O–H groups in total. The van der Waals surface area contributed by atoms with E-state index in [-0.39, 0.29) is 0 Å². The van der Waals surface area contributed by atoms with Crippen molar-refractivity contribution in [3.8, 4) is 22.6 Å². The maximum atomic E-state index is 6.02. The van der Waals surface area contributed by atoms with Crippen LogP contribution < -0.4 is 10.5 Å². The second-order valence-corrected chi connectivity index (χ2v) is 6.04. The maximum Gasteiger partial charge on any atom is 0.152 e. The Morgan fingerprint density at radius 3 is 2.42 bits per heavy atom. The third kappa shape index (κ3) is 2.61. The predicted octanol–water partition coefficient (Wildman–Crippen LogP) is 4.53. The summed E-state index contributed by atoms with van der Waals surface area (Å²) in [6.07, 6.45) is 1.44. The van der Waals surface area contributed by atoms with Gasteiger partial charge in [0.1, 0.15) is 27.9 Å². The number of rotatable bonds is 3. The number of nitrogens with two attached hydrogens (primary N) is 1. The summed E-state index contributed by atoms with van der Waals surface area (Å²) < 4.78 is 8.38. The number of para-hydroxylation sites is 1. The molecule has 2 aromatic carbocycles. The number of benzene rings is 2. The van der Waals surface area contributed by atoms with Crippen molar-refractivity contribution in [1.29, 1.82) is 0 Å². The van der Waals surface area contributed by atoms with Crippen LogP contribution in [0.15, 0.2) is 71.6 Å². The molecule has 0 aliphatic carbocycles. The fourth-order valence-corrected chi connectivity index (χ4v) is 3.07. The number of hydrogen-bond donors (Lipinski definition) is 1. The lowest BCUT2D eigenvalue weighted by Gasteiger charge is -2.07. The van der Waals surface area contributed by atoms with Gasteiger partial charge in [-0.15, -0.1) is 0 Å². The molecule has 0 unspecified atom stereocenters. The molecule has 0 saturated heterocycles. The van der Waals surface area contributed by atoms with E-state index in [0.717, 1.165) is 32.7 Å². The first-order chi connectivity index (χ1) is 11.7. The average molecular weight is 381 g/mol. The Morgan fingerprint density at radius 2 is 1.67 bits per heavy atom. The maximum absolute atomic E-state index is 6.02. The van der Waals surface area contributed by atoms with Crippen LogP contribution in [0.1, 0.15) is 0 Å². The zero-order valence-electron chi connectivity index (χ0n) is 12.6. The average Bonchev–Trinajstić information content (AvgIpc) is 2.95. The first kappa shape index (κ1) is 14.7. The highest BCUT2D eigenvalue weighted by molar-refractivity contribution is 9.10. The van der Waals surface area contributed by atoms with Crippen LogP contribution in [0.2, 0.25) is 0 Å². The SMILES string of the molecule is Nc1ncnn2c(Br)cc(-c3ccc(Oc4ccccc4)cc3)c12. The van der Waals surface area contributed by atoms with Crippen molar-refractivity contribution in [1.82, 2.24) is 14.6 Å². The molecule has 0 atom stereocenters. The lowest BCUT2D eigenvalue weighted by atomic mass is 10.1. The minimum atomic E-state index is 0.440. The normalized spacial score (nSPS) is 10.9. The number of hydrogen-bond acceptors (Lipinski definition) is 4. The second kappa shape index (κ2) is 5.98. The molecule has 24 heavy (non-hydrogen) atoms. The van der Waals surface area contributed by atoms with E-state index in [2.05, 4.69) is 26.0 Å². The van der Waals surface area contributed by atoms with Gasteiger partial charge in [-0.05, 0) is 51.8 Å². The number of halogens is 1. The summed E-state index contributed by atoms with van der Waals surface area (Å²) in [5.74, 6) is 2.02. The third-order valence-corrected chi connectivity index (χ3v) is 4.25. The van der Waals surface area contributed by atoms with Crippen LogP contribution in [-0.2, 0) is 0 Å². The Hall–Kier alpha value is -2.86. The van der Waals surface area contributed by atoms with Gasteiger partial charge >= 0.3 is 0 Å². The predicted molar refractivity (Wildman–Crippen MR) is 97.1 cm³/mol.